The molecule has 1 aromatic heterocycles. The van der Waals surface area contributed by atoms with Crippen molar-refractivity contribution >= 4 is 26.6 Å². The van der Waals surface area contributed by atoms with Crippen molar-refractivity contribution in [3.63, 3.8) is 0 Å². The van der Waals surface area contributed by atoms with Crippen LogP contribution in [0.3, 0.4) is 0 Å². The highest BCUT2D eigenvalue weighted by atomic mass is 32.2. The van der Waals surface area contributed by atoms with Crippen molar-refractivity contribution in [3.05, 3.63) is 78.8 Å². The van der Waals surface area contributed by atoms with Crippen LogP contribution in [-0.4, -0.2) is 30.2 Å². The van der Waals surface area contributed by atoms with Gasteiger partial charge in [0.15, 0.2) is 0 Å². The second-order valence-electron chi connectivity index (χ2n) is 7.58. The SMILES string of the molecule is C=C(/N=C(\C)c1cn(S(=O)(=O)c2ccccc2)c2ccccc12)N[C@H](C)C[C@H](C)N. The van der Waals surface area contributed by atoms with Crippen LogP contribution in [0.15, 0.2) is 83.1 Å². The van der Waals surface area contributed by atoms with Gasteiger partial charge in [-0.3, -0.25) is 0 Å². The first-order chi connectivity index (χ1) is 14.2. The molecule has 6 nitrogen and oxygen atoms in total. The van der Waals surface area contributed by atoms with Crippen LogP contribution in [0.2, 0.25) is 0 Å². The third kappa shape index (κ3) is 4.63. The second-order valence-corrected chi connectivity index (χ2v) is 9.39. The van der Waals surface area contributed by atoms with Gasteiger partial charge >= 0.3 is 0 Å². The standard InChI is InChI=1S/C23H28N4O2S/c1-16(24)14-17(2)25-19(4)26-18(3)22-15-27(23-13-9-8-12-21(22)23)30(28,29)20-10-6-5-7-11-20/h5-13,15-17,25H,4,14,24H2,1-3H3/b26-18+/t16-,17+/m0/s1. The molecule has 158 valence electrons. The summed E-state index contributed by atoms with van der Waals surface area (Å²) in [6, 6.07) is 16.0. The largest absolute Gasteiger partial charge is 0.368 e. The zero-order valence-corrected chi connectivity index (χ0v) is 18.4. The van der Waals surface area contributed by atoms with Crippen LogP contribution in [0.5, 0.6) is 0 Å². The van der Waals surface area contributed by atoms with Gasteiger partial charge < -0.3 is 11.1 Å². The maximum absolute atomic E-state index is 13.2. The number of nitrogens with two attached hydrogens (primary N) is 1. The predicted octanol–water partition coefficient (Wildman–Crippen LogP) is 3.87. The van der Waals surface area contributed by atoms with Crippen molar-refractivity contribution in [2.45, 2.75) is 44.2 Å². The first kappa shape index (κ1) is 21.8. The molecule has 30 heavy (non-hydrogen) atoms. The predicted molar refractivity (Wildman–Crippen MR) is 123 cm³/mol. The van der Waals surface area contributed by atoms with Crippen molar-refractivity contribution < 1.29 is 8.42 Å². The van der Waals surface area contributed by atoms with E-state index in [0.717, 1.165) is 17.4 Å². The Labute approximate surface area is 178 Å². The van der Waals surface area contributed by atoms with Crippen molar-refractivity contribution in [2.24, 2.45) is 10.7 Å². The lowest BCUT2D eigenvalue weighted by Crippen LogP contribution is -2.31. The van der Waals surface area contributed by atoms with Crippen molar-refractivity contribution in [2.75, 3.05) is 0 Å². The van der Waals surface area contributed by atoms with Crippen LogP contribution in [0.4, 0.5) is 0 Å². The quantitative estimate of drug-likeness (QED) is 0.537. The number of aliphatic imine (C=N–C) groups is 1. The molecular formula is C23H28N4O2S. The normalized spacial score (nSPS) is 14.5. The van der Waals surface area contributed by atoms with Crippen LogP contribution in [0.25, 0.3) is 10.9 Å². The maximum Gasteiger partial charge on any atom is 0.268 e. The Kier molecular flexibility index (Phi) is 6.43. The molecule has 0 saturated carbocycles. The zero-order chi connectivity index (χ0) is 21.9. The average molecular weight is 425 g/mol. The van der Waals surface area contributed by atoms with Crippen molar-refractivity contribution in [1.82, 2.24) is 9.29 Å². The molecule has 0 fully saturated rings. The van der Waals surface area contributed by atoms with Gasteiger partial charge in [-0.05, 0) is 45.4 Å². The molecular weight excluding hydrogens is 396 g/mol. The molecule has 0 bridgehead atoms. The highest BCUT2D eigenvalue weighted by Gasteiger charge is 2.21. The fraction of sp³-hybridized carbons (Fsp3) is 0.261. The molecule has 0 aliphatic heterocycles. The van der Waals surface area contributed by atoms with Gasteiger partial charge in [0.2, 0.25) is 0 Å². The van der Waals surface area contributed by atoms with E-state index in [1.54, 1.807) is 42.6 Å². The molecule has 3 N–H and O–H groups in total. The fourth-order valence-corrected chi connectivity index (χ4v) is 4.93. The number of hydrogen-bond acceptors (Lipinski definition) is 5. The van der Waals surface area contributed by atoms with E-state index in [4.69, 9.17) is 5.73 Å². The Morgan fingerprint density at radius 3 is 2.43 bits per heavy atom. The second kappa shape index (κ2) is 8.85. The van der Waals surface area contributed by atoms with Gasteiger partial charge in [0.05, 0.1) is 10.4 Å². The third-order valence-electron chi connectivity index (χ3n) is 4.81. The van der Waals surface area contributed by atoms with Crippen molar-refractivity contribution in [1.29, 1.82) is 0 Å². The van der Waals surface area contributed by atoms with E-state index >= 15 is 0 Å². The van der Waals surface area contributed by atoms with E-state index in [1.165, 1.54) is 3.97 Å². The summed E-state index contributed by atoms with van der Waals surface area (Å²) in [6.07, 6.45) is 2.42. The number of aromatic nitrogens is 1. The molecule has 0 saturated heterocycles. The number of rotatable bonds is 8. The Hall–Kier alpha value is -2.90. The van der Waals surface area contributed by atoms with Gasteiger partial charge in [0, 0.05) is 34.9 Å². The Morgan fingerprint density at radius 1 is 1.13 bits per heavy atom. The molecule has 0 spiro atoms. The summed E-state index contributed by atoms with van der Waals surface area (Å²) >= 11 is 0. The minimum Gasteiger partial charge on any atom is -0.368 e. The number of nitrogens with zero attached hydrogens (tertiary/aromatic N) is 2. The van der Waals surface area contributed by atoms with Crippen molar-refractivity contribution in [3.8, 4) is 0 Å². The first-order valence-electron chi connectivity index (χ1n) is 9.87. The molecule has 0 aliphatic rings. The zero-order valence-electron chi connectivity index (χ0n) is 17.5. The smallest absolute Gasteiger partial charge is 0.268 e. The summed E-state index contributed by atoms with van der Waals surface area (Å²) in [5, 5.41) is 4.05. The summed E-state index contributed by atoms with van der Waals surface area (Å²) in [5.41, 5.74) is 7.88. The third-order valence-corrected chi connectivity index (χ3v) is 6.50. The van der Waals surface area contributed by atoms with E-state index < -0.39 is 10.0 Å². The number of para-hydroxylation sites is 1. The van der Waals surface area contributed by atoms with Gasteiger partial charge in [-0.15, -0.1) is 0 Å². The van der Waals surface area contributed by atoms with Gasteiger partial charge in [0.25, 0.3) is 10.0 Å². The van der Waals surface area contributed by atoms with Crippen LogP contribution < -0.4 is 11.1 Å². The molecule has 7 heteroatoms. The first-order valence-corrected chi connectivity index (χ1v) is 11.3. The minimum atomic E-state index is -3.73. The van der Waals surface area contributed by atoms with E-state index in [0.29, 0.717) is 17.0 Å². The molecule has 2 aromatic carbocycles. The highest BCUT2D eigenvalue weighted by Crippen LogP contribution is 2.26. The number of hydrogen-bond donors (Lipinski definition) is 2. The Morgan fingerprint density at radius 2 is 1.77 bits per heavy atom. The topological polar surface area (TPSA) is 89.5 Å². The summed E-state index contributed by atoms with van der Waals surface area (Å²) < 4.78 is 27.8. The van der Waals surface area contributed by atoms with E-state index in [-0.39, 0.29) is 17.0 Å². The molecule has 0 aliphatic carbocycles. The van der Waals surface area contributed by atoms with Gasteiger partial charge in [-0.2, -0.15) is 0 Å². The molecule has 1 heterocycles. The number of nitrogens with one attached hydrogen (secondary N) is 1. The molecule has 2 atom stereocenters. The van der Waals surface area contributed by atoms with Gasteiger partial charge in [-0.1, -0.05) is 43.0 Å². The summed E-state index contributed by atoms with van der Waals surface area (Å²) in [7, 11) is -3.73. The van der Waals surface area contributed by atoms with E-state index in [1.807, 2.05) is 39.0 Å². The Bertz CT molecular complexity index is 1180. The van der Waals surface area contributed by atoms with Crippen LogP contribution in [0.1, 0.15) is 32.8 Å². The minimum absolute atomic E-state index is 0.0755. The van der Waals surface area contributed by atoms with Crippen LogP contribution in [0, 0.1) is 0 Å². The van der Waals surface area contributed by atoms with Crippen LogP contribution in [-0.2, 0) is 10.0 Å². The number of fused-ring (bicyclic) bond motifs is 1. The lowest BCUT2D eigenvalue weighted by atomic mass is 10.1. The average Bonchev–Trinajstić information content (AvgIpc) is 3.08. The Balaban J connectivity index is 2.01. The highest BCUT2D eigenvalue weighted by molar-refractivity contribution is 7.90. The monoisotopic (exact) mass is 424 g/mol. The van der Waals surface area contributed by atoms with E-state index in [2.05, 4.69) is 16.9 Å². The molecule has 0 radical (unpaired) electrons. The molecule has 0 amide bonds. The van der Waals surface area contributed by atoms with Crippen LogP contribution >= 0.6 is 0 Å². The lowest BCUT2D eigenvalue weighted by molar-refractivity contribution is 0.514. The summed E-state index contributed by atoms with van der Waals surface area (Å²) in [4.78, 5) is 4.81. The maximum atomic E-state index is 13.2. The fourth-order valence-electron chi connectivity index (χ4n) is 3.54. The summed E-state index contributed by atoms with van der Waals surface area (Å²) in [6.45, 7) is 9.82. The molecule has 3 rings (SSSR count). The van der Waals surface area contributed by atoms with Gasteiger partial charge in [-0.25, -0.2) is 17.4 Å². The molecule has 0 unspecified atom stereocenters. The van der Waals surface area contributed by atoms with Gasteiger partial charge in [0.1, 0.15) is 5.82 Å². The molecule has 3 aromatic rings. The lowest BCUT2D eigenvalue weighted by Gasteiger charge is -2.17. The van der Waals surface area contributed by atoms with E-state index in [9.17, 15) is 8.42 Å². The number of benzene rings is 2. The summed E-state index contributed by atoms with van der Waals surface area (Å²) in [5.74, 6) is 0.517.